The number of halogens is 1. The van der Waals surface area contributed by atoms with E-state index in [4.69, 9.17) is 10.5 Å². The molecule has 78 valence electrons. The Morgan fingerprint density at radius 3 is 2.71 bits per heavy atom. The van der Waals surface area contributed by atoms with Crippen LogP contribution < -0.4 is 10.5 Å². The molecule has 0 aliphatic heterocycles. The lowest BCUT2D eigenvalue weighted by atomic mass is 9.97. The van der Waals surface area contributed by atoms with Crippen molar-refractivity contribution in [1.29, 1.82) is 0 Å². The van der Waals surface area contributed by atoms with E-state index in [9.17, 15) is 4.39 Å². The van der Waals surface area contributed by atoms with Gasteiger partial charge in [0.15, 0.2) is 0 Å². The largest absolute Gasteiger partial charge is 0.497 e. The van der Waals surface area contributed by atoms with E-state index in [0.29, 0.717) is 17.9 Å². The molecule has 2 N–H and O–H groups in total. The van der Waals surface area contributed by atoms with Crippen LogP contribution in [0.1, 0.15) is 24.8 Å². The third-order valence-electron chi connectivity index (χ3n) is 2.34. The first-order chi connectivity index (χ1) is 6.69. The Morgan fingerprint density at radius 2 is 2.21 bits per heavy atom. The summed E-state index contributed by atoms with van der Waals surface area (Å²) in [6, 6.07) is 4.93. The number of ether oxygens (including phenoxy) is 1. The Balaban J connectivity index is 2.88. The topological polar surface area (TPSA) is 35.2 Å². The summed E-state index contributed by atoms with van der Waals surface area (Å²) in [6.07, 6.45) is 0.795. The van der Waals surface area contributed by atoms with Gasteiger partial charge in [-0.1, -0.05) is 13.0 Å². The second kappa shape index (κ2) is 4.96. The summed E-state index contributed by atoms with van der Waals surface area (Å²) < 4.78 is 18.4. The van der Waals surface area contributed by atoms with Gasteiger partial charge in [-0.05, 0) is 30.5 Å². The molecule has 1 aromatic carbocycles. The summed E-state index contributed by atoms with van der Waals surface area (Å²) in [7, 11) is 1.53. The number of hydrogen-bond acceptors (Lipinski definition) is 2. The van der Waals surface area contributed by atoms with Crippen molar-refractivity contribution in [3.63, 3.8) is 0 Å². The average molecular weight is 197 g/mol. The molecular weight excluding hydrogens is 181 g/mol. The molecule has 0 heterocycles. The lowest BCUT2D eigenvalue weighted by Crippen LogP contribution is -2.06. The zero-order valence-corrected chi connectivity index (χ0v) is 8.59. The summed E-state index contributed by atoms with van der Waals surface area (Å²) in [6.45, 7) is 2.55. The first-order valence-corrected chi connectivity index (χ1v) is 4.72. The number of benzene rings is 1. The molecular formula is C11H16FNO. The summed E-state index contributed by atoms with van der Waals surface area (Å²) in [5, 5.41) is 0. The summed E-state index contributed by atoms with van der Waals surface area (Å²) in [5.74, 6) is 0.488. The minimum atomic E-state index is -0.217. The maximum atomic E-state index is 13.5. The van der Waals surface area contributed by atoms with Gasteiger partial charge in [0.2, 0.25) is 0 Å². The van der Waals surface area contributed by atoms with E-state index in [0.717, 1.165) is 6.42 Å². The molecule has 1 unspecified atom stereocenters. The van der Waals surface area contributed by atoms with E-state index in [1.165, 1.54) is 13.2 Å². The van der Waals surface area contributed by atoms with Gasteiger partial charge in [-0.3, -0.25) is 0 Å². The molecule has 0 aromatic heterocycles. The van der Waals surface area contributed by atoms with Crippen molar-refractivity contribution in [1.82, 2.24) is 0 Å². The van der Waals surface area contributed by atoms with Crippen molar-refractivity contribution in [2.45, 2.75) is 19.3 Å². The minimum Gasteiger partial charge on any atom is -0.497 e. The van der Waals surface area contributed by atoms with Gasteiger partial charge in [0.1, 0.15) is 11.6 Å². The van der Waals surface area contributed by atoms with Crippen molar-refractivity contribution in [2.24, 2.45) is 5.73 Å². The van der Waals surface area contributed by atoms with Gasteiger partial charge >= 0.3 is 0 Å². The molecule has 0 aliphatic rings. The first kappa shape index (κ1) is 11.0. The predicted molar refractivity (Wildman–Crippen MR) is 55.0 cm³/mol. The molecule has 0 bridgehead atoms. The highest BCUT2D eigenvalue weighted by molar-refractivity contribution is 5.30. The van der Waals surface area contributed by atoms with E-state index in [1.807, 2.05) is 6.92 Å². The van der Waals surface area contributed by atoms with E-state index in [2.05, 4.69) is 0 Å². The normalized spacial score (nSPS) is 12.6. The van der Waals surface area contributed by atoms with E-state index >= 15 is 0 Å². The predicted octanol–water partition coefficient (Wildman–Crippen LogP) is 2.29. The van der Waals surface area contributed by atoms with Crippen LogP contribution in [-0.2, 0) is 0 Å². The highest BCUT2D eigenvalue weighted by Crippen LogP contribution is 2.24. The number of hydrogen-bond donors (Lipinski definition) is 1. The van der Waals surface area contributed by atoms with Crippen molar-refractivity contribution in [3.8, 4) is 5.75 Å². The monoisotopic (exact) mass is 197 g/mol. The fourth-order valence-electron chi connectivity index (χ4n) is 1.44. The van der Waals surface area contributed by atoms with Gasteiger partial charge in [0, 0.05) is 6.07 Å². The lowest BCUT2D eigenvalue weighted by molar-refractivity contribution is 0.410. The Labute approximate surface area is 83.9 Å². The molecule has 2 nitrogen and oxygen atoms in total. The van der Waals surface area contributed by atoms with E-state index < -0.39 is 0 Å². The molecule has 0 aliphatic carbocycles. The SMILES string of the molecule is COc1ccc(C(C)CCN)c(F)c1. The zero-order valence-electron chi connectivity index (χ0n) is 8.59. The molecule has 0 radical (unpaired) electrons. The van der Waals surface area contributed by atoms with Crippen molar-refractivity contribution < 1.29 is 9.13 Å². The van der Waals surface area contributed by atoms with Gasteiger partial charge in [-0.25, -0.2) is 4.39 Å². The van der Waals surface area contributed by atoms with Gasteiger partial charge in [-0.2, -0.15) is 0 Å². The van der Waals surface area contributed by atoms with Gasteiger partial charge < -0.3 is 10.5 Å². The Bertz CT molecular complexity index is 301. The molecule has 1 atom stereocenters. The van der Waals surface area contributed by atoms with Crippen LogP contribution in [0.5, 0.6) is 5.75 Å². The van der Waals surface area contributed by atoms with Crippen LogP contribution in [0.25, 0.3) is 0 Å². The third-order valence-corrected chi connectivity index (χ3v) is 2.34. The number of rotatable bonds is 4. The summed E-state index contributed by atoms with van der Waals surface area (Å²) in [5.41, 5.74) is 6.13. The third kappa shape index (κ3) is 2.45. The molecule has 14 heavy (non-hydrogen) atoms. The highest BCUT2D eigenvalue weighted by atomic mass is 19.1. The maximum absolute atomic E-state index is 13.5. The molecule has 3 heteroatoms. The minimum absolute atomic E-state index is 0.158. The standard InChI is InChI=1S/C11H16FNO/c1-8(5-6-13)10-4-3-9(14-2)7-11(10)12/h3-4,7-8H,5-6,13H2,1-2H3. The number of methoxy groups -OCH3 is 1. The molecule has 0 amide bonds. The Morgan fingerprint density at radius 1 is 1.50 bits per heavy atom. The van der Waals surface area contributed by atoms with Crippen LogP contribution >= 0.6 is 0 Å². The summed E-state index contributed by atoms with van der Waals surface area (Å²) >= 11 is 0. The highest BCUT2D eigenvalue weighted by Gasteiger charge is 2.10. The van der Waals surface area contributed by atoms with Crippen LogP contribution in [0.4, 0.5) is 4.39 Å². The van der Waals surface area contributed by atoms with Crippen molar-refractivity contribution in [2.75, 3.05) is 13.7 Å². The van der Waals surface area contributed by atoms with Crippen LogP contribution in [0, 0.1) is 5.82 Å². The fraction of sp³-hybridized carbons (Fsp3) is 0.455. The van der Waals surface area contributed by atoms with Gasteiger partial charge in [0.25, 0.3) is 0 Å². The lowest BCUT2D eigenvalue weighted by Gasteiger charge is -2.12. The molecule has 1 rings (SSSR count). The molecule has 0 fully saturated rings. The fourth-order valence-corrected chi connectivity index (χ4v) is 1.44. The molecule has 0 saturated heterocycles. The number of nitrogens with two attached hydrogens (primary N) is 1. The molecule has 0 saturated carbocycles. The molecule has 1 aromatic rings. The van der Waals surface area contributed by atoms with Gasteiger partial charge in [-0.15, -0.1) is 0 Å². The smallest absolute Gasteiger partial charge is 0.130 e. The van der Waals surface area contributed by atoms with Crippen molar-refractivity contribution >= 4 is 0 Å². The second-order valence-corrected chi connectivity index (χ2v) is 3.37. The van der Waals surface area contributed by atoms with E-state index in [1.54, 1.807) is 12.1 Å². The quantitative estimate of drug-likeness (QED) is 0.803. The average Bonchev–Trinajstić information content (AvgIpc) is 2.17. The van der Waals surface area contributed by atoms with Crippen LogP contribution in [0.2, 0.25) is 0 Å². The van der Waals surface area contributed by atoms with Gasteiger partial charge in [0.05, 0.1) is 7.11 Å². The maximum Gasteiger partial charge on any atom is 0.130 e. The Hall–Kier alpha value is -1.09. The molecule has 0 spiro atoms. The zero-order chi connectivity index (χ0) is 10.6. The van der Waals surface area contributed by atoms with E-state index in [-0.39, 0.29) is 11.7 Å². The van der Waals surface area contributed by atoms with Crippen LogP contribution in [-0.4, -0.2) is 13.7 Å². The van der Waals surface area contributed by atoms with Crippen molar-refractivity contribution in [3.05, 3.63) is 29.6 Å². The van der Waals surface area contributed by atoms with Crippen LogP contribution in [0.3, 0.4) is 0 Å². The summed E-state index contributed by atoms with van der Waals surface area (Å²) in [4.78, 5) is 0. The second-order valence-electron chi connectivity index (χ2n) is 3.37. The van der Waals surface area contributed by atoms with Crippen LogP contribution in [0.15, 0.2) is 18.2 Å². The first-order valence-electron chi connectivity index (χ1n) is 4.72. The Kier molecular flexibility index (Phi) is 3.89.